The van der Waals surface area contributed by atoms with Crippen LogP contribution in [0.4, 0.5) is 0 Å². The van der Waals surface area contributed by atoms with E-state index >= 15 is 0 Å². The third-order valence-electron chi connectivity index (χ3n) is 3.15. The predicted molar refractivity (Wildman–Crippen MR) is 55.7 cm³/mol. The Kier molecular flexibility index (Phi) is 4.20. The van der Waals surface area contributed by atoms with Crippen LogP contribution < -0.4 is 5.32 Å². The van der Waals surface area contributed by atoms with Gasteiger partial charge in [-0.3, -0.25) is 0 Å². The Labute approximate surface area is 81.7 Å². The lowest BCUT2D eigenvalue weighted by Crippen LogP contribution is -2.32. The van der Waals surface area contributed by atoms with Gasteiger partial charge >= 0.3 is 0 Å². The first-order valence-corrected chi connectivity index (χ1v) is 5.57. The van der Waals surface area contributed by atoms with Gasteiger partial charge in [-0.15, -0.1) is 0 Å². The van der Waals surface area contributed by atoms with Crippen LogP contribution >= 0.6 is 0 Å². The molecule has 1 unspecified atom stereocenters. The zero-order valence-corrected chi connectivity index (χ0v) is 8.97. The Morgan fingerprint density at radius 2 is 2.15 bits per heavy atom. The molecule has 0 bridgehead atoms. The van der Waals surface area contributed by atoms with Crippen molar-refractivity contribution < 1.29 is 5.11 Å². The van der Waals surface area contributed by atoms with Crippen LogP contribution in [0.25, 0.3) is 0 Å². The number of hydrogen-bond donors (Lipinski definition) is 2. The van der Waals surface area contributed by atoms with Gasteiger partial charge in [0.05, 0.1) is 0 Å². The summed E-state index contributed by atoms with van der Waals surface area (Å²) < 4.78 is 0. The van der Waals surface area contributed by atoms with E-state index in [0.29, 0.717) is 18.1 Å². The number of aliphatic hydroxyl groups is 1. The van der Waals surface area contributed by atoms with Crippen molar-refractivity contribution in [2.24, 2.45) is 5.41 Å². The van der Waals surface area contributed by atoms with Gasteiger partial charge in [0.1, 0.15) is 0 Å². The van der Waals surface area contributed by atoms with Crippen molar-refractivity contribution in [3.63, 3.8) is 0 Å². The van der Waals surface area contributed by atoms with E-state index in [1.807, 2.05) is 0 Å². The number of rotatable bonds is 7. The first-order chi connectivity index (χ1) is 6.22. The van der Waals surface area contributed by atoms with Gasteiger partial charge in [-0.2, -0.15) is 0 Å². The molecule has 1 saturated carbocycles. The average molecular weight is 185 g/mol. The van der Waals surface area contributed by atoms with Gasteiger partial charge in [-0.1, -0.05) is 13.3 Å². The molecular formula is C11H23NO. The van der Waals surface area contributed by atoms with Crippen LogP contribution in [-0.4, -0.2) is 24.3 Å². The van der Waals surface area contributed by atoms with Crippen LogP contribution in [0.3, 0.4) is 0 Å². The Hall–Kier alpha value is -0.0800. The molecule has 2 heteroatoms. The maximum Gasteiger partial charge on any atom is 0.0436 e. The Morgan fingerprint density at radius 1 is 1.46 bits per heavy atom. The van der Waals surface area contributed by atoms with E-state index in [2.05, 4.69) is 19.2 Å². The predicted octanol–water partition coefficient (Wildman–Crippen LogP) is 1.93. The molecule has 2 N–H and O–H groups in total. The van der Waals surface area contributed by atoms with Gasteiger partial charge in [0.25, 0.3) is 0 Å². The van der Waals surface area contributed by atoms with Crippen molar-refractivity contribution in [2.45, 2.75) is 52.0 Å². The molecule has 0 aromatic carbocycles. The third kappa shape index (κ3) is 3.65. The Balaban J connectivity index is 2.10. The van der Waals surface area contributed by atoms with Crippen molar-refractivity contribution in [2.75, 3.05) is 13.2 Å². The summed E-state index contributed by atoms with van der Waals surface area (Å²) in [6, 6.07) is 0.640. The van der Waals surface area contributed by atoms with Crippen LogP contribution in [0.5, 0.6) is 0 Å². The molecule has 1 atom stereocenters. The summed E-state index contributed by atoms with van der Waals surface area (Å²) in [5.74, 6) is 0. The van der Waals surface area contributed by atoms with Gasteiger partial charge in [-0.05, 0) is 38.0 Å². The molecule has 0 aromatic rings. The standard InChI is InChI=1S/C11H23NO/c1-3-4-10(2)12-9-11(5-6-11)7-8-13/h10,12-13H,3-9H2,1-2H3. The summed E-state index contributed by atoms with van der Waals surface area (Å²) in [7, 11) is 0. The van der Waals surface area contributed by atoms with E-state index in [1.54, 1.807) is 0 Å². The minimum Gasteiger partial charge on any atom is -0.396 e. The van der Waals surface area contributed by atoms with Crippen molar-refractivity contribution in [1.29, 1.82) is 0 Å². The maximum atomic E-state index is 8.88. The van der Waals surface area contributed by atoms with Crippen molar-refractivity contribution in [1.82, 2.24) is 5.32 Å². The van der Waals surface area contributed by atoms with Crippen molar-refractivity contribution >= 4 is 0 Å². The number of hydrogen-bond acceptors (Lipinski definition) is 2. The topological polar surface area (TPSA) is 32.3 Å². The highest BCUT2D eigenvalue weighted by Crippen LogP contribution is 2.47. The van der Waals surface area contributed by atoms with Crippen LogP contribution in [0.2, 0.25) is 0 Å². The molecule has 0 saturated heterocycles. The summed E-state index contributed by atoms with van der Waals surface area (Å²) in [4.78, 5) is 0. The highest BCUT2D eigenvalue weighted by molar-refractivity contribution is 4.94. The van der Waals surface area contributed by atoms with Crippen LogP contribution in [-0.2, 0) is 0 Å². The molecule has 0 aliphatic heterocycles. The molecular weight excluding hydrogens is 162 g/mol. The number of nitrogens with one attached hydrogen (secondary N) is 1. The highest BCUT2D eigenvalue weighted by atomic mass is 16.3. The largest absolute Gasteiger partial charge is 0.396 e. The zero-order valence-electron chi connectivity index (χ0n) is 8.97. The molecule has 2 nitrogen and oxygen atoms in total. The fourth-order valence-corrected chi connectivity index (χ4v) is 1.85. The molecule has 0 aromatic heterocycles. The fourth-order valence-electron chi connectivity index (χ4n) is 1.85. The van der Waals surface area contributed by atoms with Crippen molar-refractivity contribution in [3.05, 3.63) is 0 Å². The van der Waals surface area contributed by atoms with Crippen molar-refractivity contribution in [3.8, 4) is 0 Å². The summed E-state index contributed by atoms with van der Waals surface area (Å²) in [5, 5.41) is 12.4. The lowest BCUT2D eigenvalue weighted by Gasteiger charge is -2.18. The summed E-state index contributed by atoms with van der Waals surface area (Å²) >= 11 is 0. The summed E-state index contributed by atoms with van der Waals surface area (Å²) in [6.45, 7) is 5.93. The molecule has 13 heavy (non-hydrogen) atoms. The van der Waals surface area contributed by atoms with Gasteiger partial charge in [-0.25, -0.2) is 0 Å². The molecule has 1 fully saturated rings. The molecule has 0 heterocycles. The molecule has 0 amide bonds. The first kappa shape index (κ1) is 11.0. The van der Waals surface area contributed by atoms with Gasteiger partial charge in [0, 0.05) is 19.2 Å². The fraction of sp³-hybridized carbons (Fsp3) is 1.00. The monoisotopic (exact) mass is 185 g/mol. The van der Waals surface area contributed by atoms with Crippen LogP contribution in [0, 0.1) is 5.41 Å². The molecule has 78 valence electrons. The van der Waals surface area contributed by atoms with Gasteiger partial charge in [0.2, 0.25) is 0 Å². The molecule has 0 radical (unpaired) electrons. The number of aliphatic hydroxyl groups excluding tert-OH is 1. The Morgan fingerprint density at radius 3 is 2.62 bits per heavy atom. The zero-order chi connectivity index (χ0) is 9.73. The Bertz CT molecular complexity index is 143. The molecule has 0 spiro atoms. The smallest absolute Gasteiger partial charge is 0.0436 e. The van der Waals surface area contributed by atoms with E-state index in [-0.39, 0.29) is 0 Å². The molecule has 1 aliphatic rings. The van der Waals surface area contributed by atoms with Gasteiger partial charge < -0.3 is 10.4 Å². The first-order valence-electron chi connectivity index (χ1n) is 5.57. The highest BCUT2D eigenvalue weighted by Gasteiger charge is 2.41. The minimum absolute atomic E-state index is 0.351. The second-order valence-electron chi connectivity index (χ2n) is 4.54. The quantitative estimate of drug-likeness (QED) is 0.635. The van der Waals surface area contributed by atoms with E-state index < -0.39 is 0 Å². The molecule has 1 rings (SSSR count). The van der Waals surface area contributed by atoms with E-state index in [4.69, 9.17) is 5.11 Å². The minimum atomic E-state index is 0.351. The van der Waals surface area contributed by atoms with Gasteiger partial charge in [0.15, 0.2) is 0 Å². The van der Waals surface area contributed by atoms with E-state index in [1.165, 1.54) is 25.7 Å². The maximum absolute atomic E-state index is 8.88. The second kappa shape index (κ2) is 4.97. The lowest BCUT2D eigenvalue weighted by atomic mass is 10.0. The normalized spacial score (nSPS) is 21.5. The second-order valence-corrected chi connectivity index (χ2v) is 4.54. The van der Waals surface area contributed by atoms with E-state index in [9.17, 15) is 0 Å². The average Bonchev–Trinajstić information content (AvgIpc) is 2.84. The van der Waals surface area contributed by atoms with E-state index in [0.717, 1.165) is 13.0 Å². The summed E-state index contributed by atoms with van der Waals surface area (Å²) in [5.41, 5.74) is 0.469. The molecule has 1 aliphatic carbocycles. The van der Waals surface area contributed by atoms with Crippen LogP contribution in [0.15, 0.2) is 0 Å². The SMILES string of the molecule is CCCC(C)NCC1(CCO)CC1. The lowest BCUT2D eigenvalue weighted by molar-refractivity contribution is 0.242. The summed E-state index contributed by atoms with van der Waals surface area (Å²) in [6.07, 6.45) is 6.11. The van der Waals surface area contributed by atoms with Crippen LogP contribution in [0.1, 0.15) is 46.0 Å². The third-order valence-corrected chi connectivity index (χ3v) is 3.15.